The predicted molar refractivity (Wildman–Crippen MR) is 146 cm³/mol. The van der Waals surface area contributed by atoms with Crippen LogP contribution in [0.3, 0.4) is 0 Å². The maximum atomic E-state index is 5.83. The minimum atomic E-state index is 0. The SMILES string of the molecule is CCNC(=NCc1ccc(N2CC(C)OC(C)C2)nc1)NC(C)CCCN(CC)CC.I. The number of rotatable bonds is 11. The molecule has 1 aliphatic heterocycles. The first-order chi connectivity index (χ1) is 14.9. The summed E-state index contributed by atoms with van der Waals surface area (Å²) in [6.45, 7) is 19.7. The molecular weight excluding hydrogens is 515 g/mol. The molecule has 0 saturated carbocycles. The lowest BCUT2D eigenvalue weighted by atomic mass is 10.2. The molecule has 2 rings (SSSR count). The van der Waals surface area contributed by atoms with Gasteiger partial charge in [-0.05, 0) is 71.8 Å². The lowest BCUT2D eigenvalue weighted by Gasteiger charge is -2.36. The van der Waals surface area contributed by atoms with E-state index in [4.69, 9.17) is 9.73 Å². The van der Waals surface area contributed by atoms with E-state index >= 15 is 0 Å². The predicted octanol–water partition coefficient (Wildman–Crippen LogP) is 3.88. The van der Waals surface area contributed by atoms with Gasteiger partial charge in [-0.25, -0.2) is 9.98 Å². The number of pyridine rings is 1. The number of anilines is 1. The summed E-state index contributed by atoms with van der Waals surface area (Å²) in [6, 6.07) is 4.62. The highest BCUT2D eigenvalue weighted by molar-refractivity contribution is 14.0. The van der Waals surface area contributed by atoms with Crippen LogP contribution in [0.4, 0.5) is 5.82 Å². The molecule has 1 saturated heterocycles. The number of nitrogens with zero attached hydrogens (tertiary/aromatic N) is 4. The fraction of sp³-hybridized carbons (Fsp3) is 0.750. The molecule has 0 spiro atoms. The van der Waals surface area contributed by atoms with Crippen molar-refractivity contribution >= 4 is 35.8 Å². The first-order valence-electron chi connectivity index (χ1n) is 12.1. The molecular formula is C24H45IN6O. The van der Waals surface area contributed by atoms with Crippen LogP contribution in [0.25, 0.3) is 0 Å². The van der Waals surface area contributed by atoms with Gasteiger partial charge in [-0.2, -0.15) is 0 Å². The summed E-state index contributed by atoms with van der Waals surface area (Å²) < 4.78 is 5.83. The zero-order chi connectivity index (χ0) is 22.6. The molecule has 2 heterocycles. The Labute approximate surface area is 212 Å². The van der Waals surface area contributed by atoms with E-state index in [9.17, 15) is 0 Å². The topological polar surface area (TPSA) is 65.0 Å². The molecule has 2 N–H and O–H groups in total. The second kappa shape index (κ2) is 15.7. The van der Waals surface area contributed by atoms with Gasteiger partial charge in [-0.1, -0.05) is 19.9 Å². The van der Waals surface area contributed by atoms with Crippen molar-refractivity contribution < 1.29 is 4.74 Å². The normalized spacial score (nSPS) is 20.1. The Balaban J connectivity index is 0.00000512. The molecule has 1 fully saturated rings. The van der Waals surface area contributed by atoms with Crippen molar-refractivity contribution in [3.63, 3.8) is 0 Å². The van der Waals surface area contributed by atoms with Gasteiger partial charge < -0.3 is 25.2 Å². The Morgan fingerprint density at radius 3 is 2.47 bits per heavy atom. The van der Waals surface area contributed by atoms with E-state index in [1.165, 1.54) is 6.42 Å². The summed E-state index contributed by atoms with van der Waals surface area (Å²) >= 11 is 0. The van der Waals surface area contributed by atoms with Crippen LogP contribution in [-0.2, 0) is 11.3 Å². The van der Waals surface area contributed by atoms with Crippen LogP contribution in [-0.4, -0.2) is 73.4 Å². The zero-order valence-electron chi connectivity index (χ0n) is 20.9. The van der Waals surface area contributed by atoms with Gasteiger partial charge in [0.25, 0.3) is 0 Å². The summed E-state index contributed by atoms with van der Waals surface area (Å²) in [7, 11) is 0. The van der Waals surface area contributed by atoms with Crippen LogP contribution >= 0.6 is 24.0 Å². The molecule has 1 aliphatic rings. The smallest absolute Gasteiger partial charge is 0.191 e. The lowest BCUT2D eigenvalue weighted by Crippen LogP contribution is -2.45. The Kier molecular flexibility index (Phi) is 14.1. The Bertz CT molecular complexity index is 642. The van der Waals surface area contributed by atoms with Crippen LogP contribution in [0.2, 0.25) is 0 Å². The second-order valence-corrected chi connectivity index (χ2v) is 8.60. The maximum absolute atomic E-state index is 5.83. The zero-order valence-corrected chi connectivity index (χ0v) is 23.3. The number of halogens is 1. The Hall–Kier alpha value is -1.13. The van der Waals surface area contributed by atoms with Crippen LogP contribution in [0.15, 0.2) is 23.3 Å². The van der Waals surface area contributed by atoms with Gasteiger partial charge in [0.05, 0.1) is 18.8 Å². The van der Waals surface area contributed by atoms with E-state index in [1.807, 2.05) is 6.20 Å². The molecule has 184 valence electrons. The van der Waals surface area contributed by atoms with Crippen LogP contribution in [0.5, 0.6) is 0 Å². The monoisotopic (exact) mass is 560 g/mol. The summed E-state index contributed by atoms with van der Waals surface area (Å²) in [4.78, 5) is 14.2. The average molecular weight is 561 g/mol. The van der Waals surface area contributed by atoms with Crippen molar-refractivity contribution in [2.45, 2.75) is 79.2 Å². The van der Waals surface area contributed by atoms with E-state index < -0.39 is 0 Å². The van der Waals surface area contributed by atoms with Gasteiger partial charge in [-0.15, -0.1) is 24.0 Å². The average Bonchev–Trinajstić information content (AvgIpc) is 2.75. The third-order valence-corrected chi connectivity index (χ3v) is 5.71. The molecule has 3 unspecified atom stereocenters. The number of guanidine groups is 1. The molecule has 7 nitrogen and oxygen atoms in total. The quantitative estimate of drug-likeness (QED) is 0.244. The van der Waals surface area contributed by atoms with Crippen LogP contribution in [0, 0.1) is 0 Å². The van der Waals surface area contributed by atoms with Crippen molar-refractivity contribution in [2.75, 3.05) is 44.2 Å². The van der Waals surface area contributed by atoms with Crippen LogP contribution in [0.1, 0.15) is 59.9 Å². The molecule has 1 aromatic rings. The third kappa shape index (κ3) is 10.2. The van der Waals surface area contributed by atoms with Gasteiger partial charge in [0.2, 0.25) is 0 Å². The van der Waals surface area contributed by atoms with Gasteiger partial charge in [-0.3, -0.25) is 0 Å². The maximum Gasteiger partial charge on any atom is 0.191 e. The summed E-state index contributed by atoms with van der Waals surface area (Å²) in [5.74, 6) is 1.89. The number of hydrogen-bond acceptors (Lipinski definition) is 5. The molecule has 0 aromatic carbocycles. The minimum absolute atomic E-state index is 0. The van der Waals surface area contributed by atoms with E-state index in [0.717, 1.165) is 63.0 Å². The fourth-order valence-electron chi connectivity index (χ4n) is 4.02. The van der Waals surface area contributed by atoms with E-state index in [1.54, 1.807) is 0 Å². The summed E-state index contributed by atoms with van der Waals surface area (Å²) in [5, 5.41) is 6.91. The van der Waals surface area contributed by atoms with Crippen molar-refractivity contribution in [3.8, 4) is 0 Å². The molecule has 8 heteroatoms. The molecule has 32 heavy (non-hydrogen) atoms. The van der Waals surface area contributed by atoms with Crippen molar-refractivity contribution in [2.24, 2.45) is 4.99 Å². The molecule has 0 radical (unpaired) electrons. The first kappa shape index (κ1) is 28.9. The number of aliphatic imine (C=N–C) groups is 1. The summed E-state index contributed by atoms with van der Waals surface area (Å²) in [5.41, 5.74) is 1.12. The molecule has 0 amide bonds. The molecule has 0 aliphatic carbocycles. The van der Waals surface area contributed by atoms with E-state index in [-0.39, 0.29) is 36.2 Å². The van der Waals surface area contributed by atoms with Crippen molar-refractivity contribution in [3.05, 3.63) is 23.9 Å². The van der Waals surface area contributed by atoms with Gasteiger partial charge >= 0.3 is 0 Å². The molecule has 1 aromatic heterocycles. The number of morpholine rings is 1. The lowest BCUT2D eigenvalue weighted by molar-refractivity contribution is -0.00545. The second-order valence-electron chi connectivity index (χ2n) is 8.60. The highest BCUT2D eigenvalue weighted by Crippen LogP contribution is 2.18. The standard InChI is InChI=1S/C24H44N6O.HI/c1-7-25-24(28-19(4)11-10-14-29(8-2)9-3)27-16-22-12-13-23(26-15-22)30-17-20(5)31-21(6)18-30;/h12-13,15,19-21H,7-11,14,16-18H2,1-6H3,(H2,25,27,28);1H. The highest BCUT2D eigenvalue weighted by Gasteiger charge is 2.22. The Morgan fingerprint density at radius 1 is 1.22 bits per heavy atom. The highest BCUT2D eigenvalue weighted by atomic mass is 127. The largest absolute Gasteiger partial charge is 0.372 e. The van der Waals surface area contributed by atoms with Crippen molar-refractivity contribution in [1.29, 1.82) is 0 Å². The number of ether oxygens (including phenoxy) is 1. The number of hydrogen-bond donors (Lipinski definition) is 2. The van der Waals surface area contributed by atoms with E-state index in [2.05, 4.69) is 79.1 Å². The fourth-order valence-corrected chi connectivity index (χ4v) is 4.02. The Morgan fingerprint density at radius 2 is 1.91 bits per heavy atom. The molecule has 0 bridgehead atoms. The summed E-state index contributed by atoms with van der Waals surface area (Å²) in [6.07, 6.45) is 4.74. The first-order valence-corrected chi connectivity index (χ1v) is 12.1. The molecule has 3 atom stereocenters. The van der Waals surface area contributed by atoms with E-state index in [0.29, 0.717) is 12.6 Å². The van der Waals surface area contributed by atoms with Crippen LogP contribution < -0.4 is 15.5 Å². The third-order valence-electron chi connectivity index (χ3n) is 5.71. The van der Waals surface area contributed by atoms with Gasteiger partial charge in [0, 0.05) is 31.9 Å². The number of aromatic nitrogens is 1. The minimum Gasteiger partial charge on any atom is -0.372 e. The van der Waals surface area contributed by atoms with Crippen molar-refractivity contribution in [1.82, 2.24) is 20.5 Å². The van der Waals surface area contributed by atoms with Gasteiger partial charge in [0.1, 0.15) is 5.82 Å². The number of nitrogens with one attached hydrogen (secondary N) is 2. The van der Waals surface area contributed by atoms with Gasteiger partial charge in [0.15, 0.2) is 5.96 Å².